The van der Waals surface area contributed by atoms with Crippen LogP contribution in [0.5, 0.6) is 0 Å². The summed E-state index contributed by atoms with van der Waals surface area (Å²) < 4.78 is 5.67. The van der Waals surface area contributed by atoms with Gasteiger partial charge in [0.2, 0.25) is 0 Å². The molecule has 0 amide bonds. The van der Waals surface area contributed by atoms with Gasteiger partial charge in [-0.1, -0.05) is 30.3 Å². The highest BCUT2D eigenvalue weighted by Crippen LogP contribution is 2.34. The molecule has 2 atom stereocenters. The van der Waals surface area contributed by atoms with Gasteiger partial charge in [-0.2, -0.15) is 0 Å². The number of benzene rings is 1. The van der Waals surface area contributed by atoms with Gasteiger partial charge in [0.1, 0.15) is 6.10 Å². The first-order valence-corrected chi connectivity index (χ1v) is 9.14. The lowest BCUT2D eigenvalue weighted by Gasteiger charge is -2.44. The van der Waals surface area contributed by atoms with E-state index >= 15 is 0 Å². The maximum absolute atomic E-state index is 5.67. The van der Waals surface area contributed by atoms with Crippen molar-refractivity contribution in [3.05, 3.63) is 35.9 Å². The standard InChI is InChI=1S/C19H29N3O/c1-20-9-7-17(8-10-20)21-11-13-22(14-12-21)19(18-15-23-18)16-5-3-2-4-6-16/h2-6,17-19H,7-15H2,1H3. The molecule has 2 unspecified atom stereocenters. The lowest BCUT2D eigenvalue weighted by molar-refractivity contribution is 0.0394. The molecule has 0 spiro atoms. The van der Waals surface area contributed by atoms with Crippen molar-refractivity contribution in [3.8, 4) is 0 Å². The van der Waals surface area contributed by atoms with Crippen LogP contribution in [-0.2, 0) is 4.74 Å². The SMILES string of the molecule is CN1CCC(N2CCN(C(c3ccccc3)C3CO3)CC2)CC1. The first-order valence-electron chi connectivity index (χ1n) is 9.14. The molecule has 126 valence electrons. The highest BCUT2D eigenvalue weighted by molar-refractivity contribution is 5.22. The van der Waals surface area contributed by atoms with Gasteiger partial charge >= 0.3 is 0 Å². The molecule has 4 rings (SSSR count). The summed E-state index contributed by atoms with van der Waals surface area (Å²) in [6.45, 7) is 8.21. The van der Waals surface area contributed by atoms with Crippen molar-refractivity contribution in [2.75, 3.05) is 52.9 Å². The van der Waals surface area contributed by atoms with E-state index in [1.807, 2.05) is 0 Å². The zero-order valence-electron chi connectivity index (χ0n) is 14.2. The van der Waals surface area contributed by atoms with E-state index in [-0.39, 0.29) is 0 Å². The molecule has 0 bridgehead atoms. The van der Waals surface area contributed by atoms with Crippen LogP contribution in [0.4, 0.5) is 0 Å². The van der Waals surface area contributed by atoms with E-state index in [4.69, 9.17) is 4.74 Å². The Morgan fingerprint density at radius 3 is 2.22 bits per heavy atom. The number of piperazine rings is 1. The molecule has 3 fully saturated rings. The second kappa shape index (κ2) is 6.89. The average molecular weight is 315 g/mol. The molecule has 0 aliphatic carbocycles. The van der Waals surface area contributed by atoms with Crippen LogP contribution in [-0.4, -0.2) is 79.8 Å². The van der Waals surface area contributed by atoms with Crippen LogP contribution in [0, 0.1) is 0 Å². The predicted octanol–water partition coefficient (Wildman–Crippen LogP) is 1.84. The highest BCUT2D eigenvalue weighted by atomic mass is 16.6. The normalized spacial score (nSPS) is 29.5. The van der Waals surface area contributed by atoms with Gasteiger partial charge in [0.05, 0.1) is 12.6 Å². The molecule has 0 aromatic heterocycles. The smallest absolute Gasteiger partial charge is 0.101 e. The van der Waals surface area contributed by atoms with Crippen molar-refractivity contribution in [2.45, 2.75) is 31.0 Å². The Morgan fingerprint density at radius 2 is 1.61 bits per heavy atom. The van der Waals surface area contributed by atoms with E-state index in [1.54, 1.807) is 0 Å². The van der Waals surface area contributed by atoms with Crippen molar-refractivity contribution in [3.63, 3.8) is 0 Å². The number of nitrogens with zero attached hydrogens (tertiary/aromatic N) is 3. The van der Waals surface area contributed by atoms with Crippen molar-refractivity contribution < 1.29 is 4.74 Å². The molecule has 1 aromatic rings. The third-order valence-electron chi connectivity index (χ3n) is 5.80. The van der Waals surface area contributed by atoms with Crippen molar-refractivity contribution in [2.24, 2.45) is 0 Å². The van der Waals surface area contributed by atoms with E-state index < -0.39 is 0 Å². The third-order valence-corrected chi connectivity index (χ3v) is 5.80. The molecule has 0 N–H and O–H groups in total. The summed E-state index contributed by atoms with van der Waals surface area (Å²) in [7, 11) is 2.24. The second-order valence-electron chi connectivity index (χ2n) is 7.33. The minimum Gasteiger partial charge on any atom is -0.371 e. The van der Waals surface area contributed by atoms with Gasteiger partial charge in [-0.15, -0.1) is 0 Å². The summed E-state index contributed by atoms with van der Waals surface area (Å²) in [6, 6.07) is 12.2. The number of likely N-dealkylation sites (tertiary alicyclic amines) is 1. The molecule has 4 heteroatoms. The van der Waals surface area contributed by atoms with Crippen LogP contribution in [0.25, 0.3) is 0 Å². The molecule has 0 radical (unpaired) electrons. The van der Waals surface area contributed by atoms with Crippen molar-refractivity contribution >= 4 is 0 Å². The topological polar surface area (TPSA) is 22.2 Å². The minimum absolute atomic E-state index is 0.410. The Balaban J connectivity index is 1.36. The molecule has 3 heterocycles. The van der Waals surface area contributed by atoms with Crippen molar-refractivity contribution in [1.29, 1.82) is 0 Å². The Hall–Kier alpha value is -0.940. The van der Waals surface area contributed by atoms with Crippen molar-refractivity contribution in [1.82, 2.24) is 14.7 Å². The molecule has 4 nitrogen and oxygen atoms in total. The summed E-state index contributed by atoms with van der Waals surface area (Å²) in [4.78, 5) is 7.85. The number of rotatable bonds is 4. The Labute approximate surface area is 140 Å². The first kappa shape index (κ1) is 15.6. The van der Waals surface area contributed by atoms with Crippen LogP contribution < -0.4 is 0 Å². The van der Waals surface area contributed by atoms with Gasteiger partial charge < -0.3 is 9.64 Å². The van der Waals surface area contributed by atoms with Gasteiger partial charge in [-0.05, 0) is 38.5 Å². The fourth-order valence-corrected chi connectivity index (χ4v) is 4.29. The van der Waals surface area contributed by atoms with Crippen LogP contribution in [0.3, 0.4) is 0 Å². The van der Waals surface area contributed by atoms with Gasteiger partial charge in [-0.25, -0.2) is 0 Å². The maximum Gasteiger partial charge on any atom is 0.101 e. The van der Waals surface area contributed by atoms with Crippen LogP contribution in [0.1, 0.15) is 24.4 Å². The molecule has 1 aromatic carbocycles. The number of hydrogen-bond acceptors (Lipinski definition) is 4. The van der Waals surface area contributed by atoms with Gasteiger partial charge in [0.25, 0.3) is 0 Å². The maximum atomic E-state index is 5.67. The van der Waals surface area contributed by atoms with Crippen LogP contribution in [0.2, 0.25) is 0 Å². The summed E-state index contributed by atoms with van der Waals surface area (Å²) in [5.74, 6) is 0. The van der Waals surface area contributed by atoms with Gasteiger partial charge in [0.15, 0.2) is 0 Å². The molecular formula is C19H29N3O. The zero-order chi connectivity index (χ0) is 15.6. The summed E-state index contributed by atoms with van der Waals surface area (Å²) in [5, 5.41) is 0. The van der Waals surface area contributed by atoms with E-state index in [1.165, 1.54) is 57.7 Å². The summed E-state index contributed by atoms with van der Waals surface area (Å²) in [6.07, 6.45) is 3.08. The largest absolute Gasteiger partial charge is 0.371 e. The van der Waals surface area contributed by atoms with Crippen LogP contribution in [0.15, 0.2) is 30.3 Å². The lowest BCUT2D eigenvalue weighted by Crippen LogP contribution is -2.54. The van der Waals surface area contributed by atoms with E-state index in [2.05, 4.69) is 52.1 Å². The van der Waals surface area contributed by atoms with E-state index in [0.717, 1.165) is 12.6 Å². The molecule has 3 saturated heterocycles. The zero-order valence-corrected chi connectivity index (χ0v) is 14.2. The average Bonchev–Trinajstić information content (AvgIpc) is 3.43. The fraction of sp³-hybridized carbons (Fsp3) is 0.684. The number of hydrogen-bond donors (Lipinski definition) is 0. The number of ether oxygens (including phenoxy) is 1. The predicted molar refractivity (Wildman–Crippen MR) is 92.6 cm³/mol. The lowest BCUT2D eigenvalue weighted by atomic mass is 9.99. The summed E-state index contributed by atoms with van der Waals surface area (Å²) >= 11 is 0. The fourth-order valence-electron chi connectivity index (χ4n) is 4.29. The Bertz CT molecular complexity index is 489. The van der Waals surface area contributed by atoms with Gasteiger partial charge in [-0.3, -0.25) is 9.80 Å². The minimum atomic E-state index is 0.410. The Morgan fingerprint density at radius 1 is 0.957 bits per heavy atom. The first-order chi connectivity index (χ1) is 11.3. The Kier molecular flexibility index (Phi) is 4.67. The monoisotopic (exact) mass is 315 g/mol. The molecular weight excluding hydrogens is 286 g/mol. The molecule has 0 saturated carbocycles. The second-order valence-corrected chi connectivity index (χ2v) is 7.33. The third kappa shape index (κ3) is 3.61. The highest BCUT2D eigenvalue weighted by Gasteiger charge is 2.39. The van der Waals surface area contributed by atoms with E-state index in [9.17, 15) is 0 Å². The molecule has 23 heavy (non-hydrogen) atoms. The van der Waals surface area contributed by atoms with Crippen LogP contribution >= 0.6 is 0 Å². The quantitative estimate of drug-likeness (QED) is 0.791. The van der Waals surface area contributed by atoms with E-state index in [0.29, 0.717) is 12.1 Å². The molecule has 3 aliphatic rings. The number of epoxide rings is 1. The number of piperidine rings is 1. The molecule has 3 aliphatic heterocycles. The van der Waals surface area contributed by atoms with Gasteiger partial charge in [0, 0.05) is 32.2 Å². The summed E-state index contributed by atoms with van der Waals surface area (Å²) in [5.41, 5.74) is 1.42.